The summed E-state index contributed by atoms with van der Waals surface area (Å²) >= 11 is 0. The molecule has 19 heavy (non-hydrogen) atoms. The second kappa shape index (κ2) is 7.16. The van der Waals surface area contributed by atoms with Gasteiger partial charge in [0.1, 0.15) is 6.61 Å². The molecule has 4 nitrogen and oxygen atoms in total. The van der Waals surface area contributed by atoms with Gasteiger partial charge in [-0.3, -0.25) is 4.98 Å². The zero-order chi connectivity index (χ0) is 13.3. The van der Waals surface area contributed by atoms with Crippen LogP contribution in [0.2, 0.25) is 0 Å². The smallest absolute Gasteiger partial charge is 0.407 e. The number of carbonyl (C=O) groups is 1. The van der Waals surface area contributed by atoms with Crippen LogP contribution >= 0.6 is 0 Å². The fourth-order valence-corrected chi connectivity index (χ4v) is 1.63. The van der Waals surface area contributed by atoms with Crippen molar-refractivity contribution in [3.63, 3.8) is 0 Å². The lowest BCUT2D eigenvalue weighted by molar-refractivity contribution is 0.140. The molecule has 0 aliphatic rings. The number of rotatable bonds is 5. The molecule has 98 valence electrons. The topological polar surface area (TPSA) is 51.2 Å². The van der Waals surface area contributed by atoms with Crippen molar-refractivity contribution in [2.24, 2.45) is 0 Å². The minimum Gasteiger partial charge on any atom is -0.445 e. The Morgan fingerprint density at radius 2 is 1.79 bits per heavy atom. The van der Waals surface area contributed by atoms with E-state index in [1.807, 2.05) is 42.5 Å². The zero-order valence-corrected chi connectivity index (χ0v) is 10.6. The van der Waals surface area contributed by atoms with Crippen LogP contribution in [0, 0.1) is 0 Å². The monoisotopic (exact) mass is 256 g/mol. The maximum absolute atomic E-state index is 11.5. The van der Waals surface area contributed by atoms with Crippen LogP contribution in [0.4, 0.5) is 4.79 Å². The number of aromatic nitrogens is 1. The van der Waals surface area contributed by atoms with Crippen LogP contribution in [0.1, 0.15) is 11.1 Å². The summed E-state index contributed by atoms with van der Waals surface area (Å²) in [6.07, 6.45) is 3.85. The molecule has 0 fully saturated rings. The average molecular weight is 256 g/mol. The lowest BCUT2D eigenvalue weighted by atomic mass is 10.2. The molecule has 0 atom stereocenters. The molecule has 0 unspecified atom stereocenters. The van der Waals surface area contributed by atoms with E-state index in [-0.39, 0.29) is 0 Å². The Morgan fingerprint density at radius 3 is 2.53 bits per heavy atom. The van der Waals surface area contributed by atoms with Crippen molar-refractivity contribution in [2.75, 3.05) is 6.54 Å². The number of nitrogens with one attached hydrogen (secondary N) is 1. The molecule has 0 saturated carbocycles. The third-order valence-corrected chi connectivity index (χ3v) is 2.65. The quantitative estimate of drug-likeness (QED) is 0.894. The number of pyridine rings is 1. The summed E-state index contributed by atoms with van der Waals surface area (Å²) in [4.78, 5) is 15.4. The second-order valence-corrected chi connectivity index (χ2v) is 4.09. The number of benzene rings is 1. The van der Waals surface area contributed by atoms with Crippen LogP contribution in [-0.4, -0.2) is 17.6 Å². The standard InChI is InChI=1S/C15H16N2O2/c18-15(19-12-14-4-2-1-3-5-14)17-11-8-13-6-9-16-10-7-13/h1-7,9-10H,8,11-12H2,(H,17,18). The van der Waals surface area contributed by atoms with Gasteiger partial charge in [0.15, 0.2) is 0 Å². The molecule has 0 radical (unpaired) electrons. The van der Waals surface area contributed by atoms with Gasteiger partial charge >= 0.3 is 6.09 Å². The van der Waals surface area contributed by atoms with E-state index in [0.29, 0.717) is 13.2 Å². The van der Waals surface area contributed by atoms with Gasteiger partial charge in [-0.2, -0.15) is 0 Å². The lowest BCUT2D eigenvalue weighted by Crippen LogP contribution is -2.26. The van der Waals surface area contributed by atoms with Gasteiger partial charge in [0, 0.05) is 18.9 Å². The molecule has 2 rings (SSSR count). The van der Waals surface area contributed by atoms with Crippen molar-refractivity contribution in [2.45, 2.75) is 13.0 Å². The van der Waals surface area contributed by atoms with E-state index in [2.05, 4.69) is 10.3 Å². The maximum atomic E-state index is 11.5. The Balaban J connectivity index is 1.65. The highest BCUT2D eigenvalue weighted by atomic mass is 16.5. The van der Waals surface area contributed by atoms with E-state index in [4.69, 9.17) is 4.74 Å². The molecule has 1 heterocycles. The molecular formula is C15H16N2O2. The zero-order valence-electron chi connectivity index (χ0n) is 10.6. The first-order valence-electron chi connectivity index (χ1n) is 6.18. The summed E-state index contributed by atoms with van der Waals surface area (Å²) in [7, 11) is 0. The van der Waals surface area contributed by atoms with Gasteiger partial charge in [-0.1, -0.05) is 30.3 Å². The fraction of sp³-hybridized carbons (Fsp3) is 0.200. The van der Waals surface area contributed by atoms with Gasteiger partial charge in [-0.25, -0.2) is 4.79 Å². The summed E-state index contributed by atoms with van der Waals surface area (Å²) in [5.41, 5.74) is 2.12. The Kier molecular flexibility index (Phi) is 4.93. The number of amides is 1. The highest BCUT2D eigenvalue weighted by Crippen LogP contribution is 2.00. The van der Waals surface area contributed by atoms with Gasteiger partial charge in [0.2, 0.25) is 0 Å². The van der Waals surface area contributed by atoms with Gasteiger partial charge in [0.25, 0.3) is 0 Å². The van der Waals surface area contributed by atoms with E-state index < -0.39 is 6.09 Å². The minimum atomic E-state index is -0.391. The molecular weight excluding hydrogens is 240 g/mol. The van der Waals surface area contributed by atoms with Crippen molar-refractivity contribution in [3.05, 3.63) is 66.0 Å². The molecule has 1 N–H and O–H groups in total. The SMILES string of the molecule is O=C(NCCc1ccncc1)OCc1ccccc1. The number of nitrogens with zero attached hydrogens (tertiary/aromatic N) is 1. The second-order valence-electron chi connectivity index (χ2n) is 4.09. The van der Waals surface area contributed by atoms with Gasteiger partial charge in [-0.05, 0) is 29.7 Å². The first-order valence-corrected chi connectivity index (χ1v) is 6.18. The van der Waals surface area contributed by atoms with Gasteiger partial charge in [-0.15, -0.1) is 0 Å². The van der Waals surface area contributed by atoms with Crippen LogP contribution in [-0.2, 0) is 17.8 Å². The van der Waals surface area contributed by atoms with Crippen LogP contribution in [0.15, 0.2) is 54.9 Å². The van der Waals surface area contributed by atoms with E-state index in [1.165, 1.54) is 0 Å². The van der Waals surface area contributed by atoms with Crippen LogP contribution in [0.25, 0.3) is 0 Å². The molecule has 0 aliphatic heterocycles. The third kappa shape index (κ3) is 4.79. The Bertz CT molecular complexity index is 500. The highest BCUT2D eigenvalue weighted by Gasteiger charge is 2.01. The number of hydrogen-bond donors (Lipinski definition) is 1. The van der Waals surface area contributed by atoms with Crippen LogP contribution in [0.5, 0.6) is 0 Å². The highest BCUT2D eigenvalue weighted by molar-refractivity contribution is 5.67. The van der Waals surface area contributed by atoms with Crippen molar-refractivity contribution in [3.8, 4) is 0 Å². The lowest BCUT2D eigenvalue weighted by Gasteiger charge is -2.07. The van der Waals surface area contributed by atoms with E-state index in [1.54, 1.807) is 12.4 Å². The molecule has 0 spiro atoms. The predicted molar refractivity (Wildman–Crippen MR) is 72.6 cm³/mol. The molecule has 2 aromatic rings. The number of alkyl carbamates (subject to hydrolysis) is 1. The van der Waals surface area contributed by atoms with Crippen LogP contribution in [0.3, 0.4) is 0 Å². The number of hydrogen-bond acceptors (Lipinski definition) is 3. The minimum absolute atomic E-state index is 0.294. The third-order valence-electron chi connectivity index (χ3n) is 2.65. The maximum Gasteiger partial charge on any atom is 0.407 e. The molecule has 0 saturated heterocycles. The van der Waals surface area contributed by atoms with Crippen LogP contribution < -0.4 is 5.32 Å². The summed E-state index contributed by atoms with van der Waals surface area (Å²) in [6.45, 7) is 0.847. The van der Waals surface area contributed by atoms with E-state index in [0.717, 1.165) is 17.5 Å². The summed E-state index contributed by atoms with van der Waals surface area (Å²) in [5, 5.41) is 2.72. The van der Waals surface area contributed by atoms with E-state index >= 15 is 0 Å². The number of ether oxygens (including phenoxy) is 1. The molecule has 1 aromatic carbocycles. The molecule has 1 amide bonds. The molecule has 0 aliphatic carbocycles. The predicted octanol–water partition coefficient (Wildman–Crippen LogP) is 2.55. The van der Waals surface area contributed by atoms with Crippen molar-refractivity contribution >= 4 is 6.09 Å². The van der Waals surface area contributed by atoms with E-state index in [9.17, 15) is 4.79 Å². The Labute approximate surface area is 112 Å². The summed E-state index contributed by atoms with van der Waals surface area (Å²) in [6, 6.07) is 13.5. The largest absolute Gasteiger partial charge is 0.445 e. The first-order chi connectivity index (χ1) is 9.34. The average Bonchev–Trinajstić information content (AvgIpc) is 2.47. The molecule has 4 heteroatoms. The first kappa shape index (κ1) is 13.1. The number of carbonyl (C=O) groups excluding carboxylic acids is 1. The molecule has 0 bridgehead atoms. The Hall–Kier alpha value is -2.36. The summed E-state index contributed by atoms with van der Waals surface area (Å²) in [5.74, 6) is 0. The molecule has 1 aromatic heterocycles. The van der Waals surface area contributed by atoms with Crippen molar-refractivity contribution in [1.29, 1.82) is 0 Å². The Morgan fingerprint density at radius 1 is 1.05 bits per heavy atom. The van der Waals surface area contributed by atoms with Crippen molar-refractivity contribution in [1.82, 2.24) is 10.3 Å². The normalized spacial score (nSPS) is 9.89. The summed E-state index contributed by atoms with van der Waals surface area (Å²) < 4.78 is 5.10. The van der Waals surface area contributed by atoms with Gasteiger partial charge in [0.05, 0.1) is 0 Å². The fourth-order valence-electron chi connectivity index (χ4n) is 1.63. The van der Waals surface area contributed by atoms with Gasteiger partial charge < -0.3 is 10.1 Å². The van der Waals surface area contributed by atoms with Crippen molar-refractivity contribution < 1.29 is 9.53 Å².